The summed E-state index contributed by atoms with van der Waals surface area (Å²) in [7, 11) is 0. The number of carbonyl (C=O) groups excluding carboxylic acids is 2. The minimum Gasteiger partial charge on any atom is -0.447 e. The Kier molecular flexibility index (Phi) is 4.92. The molecule has 0 bridgehead atoms. The average molecular weight is 362 g/mol. The van der Waals surface area contributed by atoms with Gasteiger partial charge in [-0.1, -0.05) is 48.5 Å². The lowest BCUT2D eigenvalue weighted by Gasteiger charge is -2.18. The van der Waals surface area contributed by atoms with Crippen LogP contribution in [-0.4, -0.2) is 22.9 Å². The van der Waals surface area contributed by atoms with Crippen molar-refractivity contribution in [1.82, 2.24) is 10.3 Å². The number of H-pyrrole nitrogens is 1. The van der Waals surface area contributed by atoms with Gasteiger partial charge in [0, 0.05) is 35.1 Å². The van der Waals surface area contributed by atoms with Gasteiger partial charge >= 0.3 is 5.97 Å². The molecule has 1 atom stereocenters. The van der Waals surface area contributed by atoms with Crippen LogP contribution < -0.4 is 5.32 Å². The molecule has 0 unspecified atom stereocenters. The van der Waals surface area contributed by atoms with E-state index in [0.29, 0.717) is 12.0 Å². The average Bonchev–Trinajstić information content (AvgIpc) is 3.41. The van der Waals surface area contributed by atoms with Crippen LogP contribution in [0.15, 0.2) is 60.8 Å². The third-order valence-electron chi connectivity index (χ3n) is 4.79. The molecule has 1 aliphatic rings. The molecule has 0 aliphatic heterocycles. The van der Waals surface area contributed by atoms with Crippen molar-refractivity contribution in [2.75, 3.05) is 0 Å². The molecular weight excluding hydrogens is 340 g/mol. The molecule has 4 rings (SSSR count). The fourth-order valence-electron chi connectivity index (χ4n) is 3.17. The second kappa shape index (κ2) is 7.66. The van der Waals surface area contributed by atoms with Gasteiger partial charge in [0.15, 0.2) is 0 Å². The van der Waals surface area contributed by atoms with Crippen molar-refractivity contribution in [2.24, 2.45) is 0 Å². The third-order valence-corrected chi connectivity index (χ3v) is 4.79. The van der Waals surface area contributed by atoms with E-state index in [-0.39, 0.29) is 24.3 Å². The molecule has 1 saturated carbocycles. The molecular formula is C22H22N2O3. The van der Waals surface area contributed by atoms with Crippen molar-refractivity contribution in [3.8, 4) is 0 Å². The fourth-order valence-corrected chi connectivity index (χ4v) is 3.17. The minimum absolute atomic E-state index is 0.216. The van der Waals surface area contributed by atoms with Gasteiger partial charge in [-0.25, -0.2) is 0 Å². The van der Waals surface area contributed by atoms with Gasteiger partial charge in [-0.2, -0.15) is 0 Å². The van der Waals surface area contributed by atoms with Crippen LogP contribution >= 0.6 is 0 Å². The summed E-state index contributed by atoms with van der Waals surface area (Å²) < 4.78 is 5.58. The Balaban J connectivity index is 1.42. The Labute approximate surface area is 157 Å². The summed E-state index contributed by atoms with van der Waals surface area (Å²) in [6.45, 7) is 0. The van der Waals surface area contributed by atoms with Crippen LogP contribution in [0, 0.1) is 0 Å². The van der Waals surface area contributed by atoms with E-state index < -0.39 is 6.10 Å². The summed E-state index contributed by atoms with van der Waals surface area (Å²) >= 11 is 0. The molecule has 5 nitrogen and oxygen atoms in total. The normalized spacial score (nSPS) is 14.7. The number of hydrogen-bond donors (Lipinski definition) is 2. The Bertz CT molecular complexity index is 944. The number of fused-ring (bicyclic) bond motifs is 1. The van der Waals surface area contributed by atoms with Crippen LogP contribution in [-0.2, 0) is 20.7 Å². The first kappa shape index (κ1) is 17.3. The van der Waals surface area contributed by atoms with Crippen LogP contribution in [0.2, 0.25) is 0 Å². The lowest BCUT2D eigenvalue weighted by atomic mass is 10.1. The van der Waals surface area contributed by atoms with Crippen LogP contribution in [0.1, 0.15) is 36.5 Å². The molecule has 2 aromatic carbocycles. The van der Waals surface area contributed by atoms with Crippen molar-refractivity contribution in [3.63, 3.8) is 0 Å². The smallest absolute Gasteiger partial charge is 0.307 e. The first-order valence-corrected chi connectivity index (χ1v) is 9.30. The second-order valence-corrected chi connectivity index (χ2v) is 6.92. The molecule has 0 spiro atoms. The van der Waals surface area contributed by atoms with Gasteiger partial charge in [0.1, 0.15) is 0 Å². The van der Waals surface area contributed by atoms with Crippen LogP contribution in [0.25, 0.3) is 10.9 Å². The van der Waals surface area contributed by atoms with Gasteiger partial charge in [-0.15, -0.1) is 0 Å². The number of amides is 1. The zero-order chi connectivity index (χ0) is 18.6. The van der Waals surface area contributed by atoms with Gasteiger partial charge in [-0.05, 0) is 30.9 Å². The third kappa shape index (κ3) is 4.19. The van der Waals surface area contributed by atoms with E-state index in [2.05, 4.69) is 10.3 Å². The minimum atomic E-state index is -0.901. The molecule has 1 amide bonds. The highest BCUT2D eigenvalue weighted by atomic mass is 16.5. The predicted molar refractivity (Wildman–Crippen MR) is 103 cm³/mol. The zero-order valence-corrected chi connectivity index (χ0v) is 15.0. The fraction of sp³-hybridized carbons (Fsp3) is 0.273. The maximum absolute atomic E-state index is 12.5. The number of aromatic nitrogens is 1. The summed E-state index contributed by atoms with van der Waals surface area (Å²) in [4.78, 5) is 28.2. The molecule has 3 aromatic rings. The Morgan fingerprint density at radius 1 is 1.07 bits per heavy atom. The Morgan fingerprint density at radius 3 is 2.59 bits per heavy atom. The molecule has 1 fully saturated rings. The summed E-state index contributed by atoms with van der Waals surface area (Å²) in [5, 5.41) is 4.04. The first-order valence-electron chi connectivity index (χ1n) is 9.30. The Hall–Kier alpha value is -3.08. The summed E-state index contributed by atoms with van der Waals surface area (Å²) in [6.07, 6.45) is 3.79. The molecule has 5 heteroatoms. The van der Waals surface area contributed by atoms with Gasteiger partial charge in [0.25, 0.3) is 5.91 Å². The standard InChI is InChI=1S/C22H22N2O3/c25-20(13-10-16-14-23-19-9-5-4-8-18(16)19)27-21(15-6-2-1-3-7-15)22(26)24-17-11-12-17/h1-9,14,17,21,23H,10-13H2,(H,24,26)/t21-/m0/s1. The molecule has 1 aromatic heterocycles. The van der Waals surface area contributed by atoms with Crippen molar-refractivity contribution in [2.45, 2.75) is 37.8 Å². The van der Waals surface area contributed by atoms with Crippen molar-refractivity contribution < 1.29 is 14.3 Å². The van der Waals surface area contributed by atoms with Crippen molar-refractivity contribution in [1.29, 1.82) is 0 Å². The van der Waals surface area contributed by atoms with Crippen LogP contribution in [0.5, 0.6) is 0 Å². The van der Waals surface area contributed by atoms with E-state index in [4.69, 9.17) is 4.74 Å². The van der Waals surface area contributed by atoms with E-state index in [9.17, 15) is 9.59 Å². The van der Waals surface area contributed by atoms with Crippen LogP contribution in [0.4, 0.5) is 0 Å². The molecule has 1 aliphatic carbocycles. The number of para-hydroxylation sites is 1. The number of ether oxygens (including phenoxy) is 1. The van der Waals surface area contributed by atoms with E-state index in [1.165, 1.54) is 0 Å². The number of carbonyl (C=O) groups is 2. The molecule has 27 heavy (non-hydrogen) atoms. The second-order valence-electron chi connectivity index (χ2n) is 6.92. The maximum Gasteiger partial charge on any atom is 0.307 e. The van der Waals surface area contributed by atoms with E-state index in [1.54, 1.807) is 0 Å². The van der Waals surface area contributed by atoms with E-state index in [1.807, 2.05) is 60.8 Å². The first-order chi connectivity index (χ1) is 13.2. The highest BCUT2D eigenvalue weighted by Gasteiger charge is 2.30. The van der Waals surface area contributed by atoms with Crippen molar-refractivity contribution >= 4 is 22.8 Å². The summed E-state index contributed by atoms with van der Waals surface area (Å²) in [5.74, 6) is -0.621. The summed E-state index contributed by atoms with van der Waals surface area (Å²) in [6, 6.07) is 17.4. The van der Waals surface area contributed by atoms with Gasteiger partial charge in [-0.3, -0.25) is 9.59 Å². The van der Waals surface area contributed by atoms with Gasteiger partial charge in [0.2, 0.25) is 6.10 Å². The van der Waals surface area contributed by atoms with Gasteiger partial charge in [0.05, 0.1) is 0 Å². The van der Waals surface area contributed by atoms with Gasteiger partial charge < -0.3 is 15.0 Å². The maximum atomic E-state index is 12.5. The number of aryl methyl sites for hydroxylation is 1. The molecule has 0 saturated heterocycles. The van der Waals surface area contributed by atoms with E-state index >= 15 is 0 Å². The quantitative estimate of drug-likeness (QED) is 0.630. The van der Waals surface area contributed by atoms with Crippen molar-refractivity contribution in [3.05, 3.63) is 71.9 Å². The van der Waals surface area contributed by atoms with E-state index in [0.717, 1.165) is 29.3 Å². The molecule has 0 radical (unpaired) electrons. The lowest BCUT2D eigenvalue weighted by Crippen LogP contribution is -2.33. The predicted octanol–water partition coefficient (Wildman–Crippen LogP) is 3.66. The number of esters is 1. The SMILES string of the molecule is O=C(CCc1c[nH]c2ccccc12)O[C@H](C(=O)NC1CC1)c1ccccc1. The number of rotatable bonds is 7. The highest BCUT2D eigenvalue weighted by molar-refractivity contribution is 5.86. The number of aromatic amines is 1. The topological polar surface area (TPSA) is 71.2 Å². The highest BCUT2D eigenvalue weighted by Crippen LogP contribution is 2.24. The number of nitrogens with one attached hydrogen (secondary N) is 2. The molecule has 1 heterocycles. The monoisotopic (exact) mass is 362 g/mol. The summed E-state index contributed by atoms with van der Waals surface area (Å²) in [5.41, 5.74) is 2.81. The molecule has 138 valence electrons. The largest absolute Gasteiger partial charge is 0.447 e. The Morgan fingerprint density at radius 2 is 1.81 bits per heavy atom. The lowest BCUT2D eigenvalue weighted by molar-refractivity contribution is -0.156. The number of hydrogen-bond acceptors (Lipinski definition) is 3. The van der Waals surface area contributed by atoms with Crippen LogP contribution in [0.3, 0.4) is 0 Å². The zero-order valence-electron chi connectivity index (χ0n) is 15.0. The number of benzene rings is 2. The molecule has 2 N–H and O–H groups in total.